The molecule has 1 unspecified atom stereocenters. The van der Waals surface area contributed by atoms with E-state index in [9.17, 15) is 21.6 Å². The van der Waals surface area contributed by atoms with Crippen LogP contribution in [0.25, 0.3) is 10.4 Å². The van der Waals surface area contributed by atoms with E-state index in [-0.39, 0.29) is 16.1 Å². The van der Waals surface area contributed by atoms with Crippen LogP contribution in [0.2, 0.25) is 0 Å². The fourth-order valence-corrected chi connectivity index (χ4v) is 7.31. The summed E-state index contributed by atoms with van der Waals surface area (Å²) in [4.78, 5) is 15.9. The molecule has 0 radical (unpaired) electrons. The van der Waals surface area contributed by atoms with Crippen molar-refractivity contribution in [2.24, 2.45) is 5.11 Å². The number of aryl methyl sites for hydroxylation is 2. The van der Waals surface area contributed by atoms with Crippen LogP contribution in [0.1, 0.15) is 27.0 Å². The summed E-state index contributed by atoms with van der Waals surface area (Å²) in [6.07, 6.45) is 0. The van der Waals surface area contributed by atoms with Crippen LogP contribution in [-0.4, -0.2) is 33.6 Å². The second-order valence-electron chi connectivity index (χ2n) is 7.98. The smallest absolute Gasteiger partial charge is 0.182 e. The van der Waals surface area contributed by atoms with E-state index in [1.54, 1.807) is 43.3 Å². The molecule has 0 aliphatic rings. The summed E-state index contributed by atoms with van der Waals surface area (Å²) >= 11 is 0. The van der Waals surface area contributed by atoms with Crippen LogP contribution >= 0.6 is 0 Å². The lowest BCUT2D eigenvalue weighted by molar-refractivity contribution is 0.0992. The number of carbonyl (C=O) groups is 1. The molecular formula is C24H23N3O5S2. The summed E-state index contributed by atoms with van der Waals surface area (Å²) in [6.45, 7) is 3.66. The Morgan fingerprint density at radius 3 is 1.91 bits per heavy atom. The van der Waals surface area contributed by atoms with Crippen LogP contribution in [0, 0.1) is 13.8 Å². The SMILES string of the molecule is Cc1ccc(CS(=O)(=O)C(CS(=O)(=O)c2ccc(C)cc2)C(=O)c2ccc(N=[N+]=[N-])cc2)cc1. The number of hydrogen-bond donors (Lipinski definition) is 0. The van der Waals surface area contributed by atoms with E-state index in [0.29, 0.717) is 5.56 Å². The molecule has 1 atom stereocenters. The predicted octanol–water partition coefficient (Wildman–Crippen LogP) is 4.89. The first kappa shape index (κ1) is 25.2. The number of ketones is 1. The molecule has 0 aliphatic heterocycles. The van der Waals surface area contributed by atoms with Gasteiger partial charge < -0.3 is 0 Å². The van der Waals surface area contributed by atoms with E-state index in [0.717, 1.165) is 11.1 Å². The van der Waals surface area contributed by atoms with E-state index >= 15 is 0 Å². The van der Waals surface area contributed by atoms with E-state index < -0.39 is 42.2 Å². The van der Waals surface area contributed by atoms with Crippen LogP contribution in [0.3, 0.4) is 0 Å². The molecule has 0 amide bonds. The lowest BCUT2D eigenvalue weighted by atomic mass is 10.1. The van der Waals surface area contributed by atoms with Gasteiger partial charge in [-0.3, -0.25) is 4.79 Å². The van der Waals surface area contributed by atoms with Crippen molar-refractivity contribution >= 4 is 31.1 Å². The minimum atomic E-state index is -4.22. The number of hydrogen-bond acceptors (Lipinski definition) is 6. The highest BCUT2D eigenvalue weighted by Crippen LogP contribution is 2.23. The number of sulfone groups is 2. The Kier molecular flexibility index (Phi) is 7.56. The summed E-state index contributed by atoms with van der Waals surface area (Å²) in [6, 6.07) is 18.2. The van der Waals surface area contributed by atoms with Crippen molar-refractivity contribution in [3.8, 4) is 0 Å². The van der Waals surface area contributed by atoms with Crippen LogP contribution in [0.4, 0.5) is 5.69 Å². The molecule has 0 heterocycles. The molecule has 10 heteroatoms. The van der Waals surface area contributed by atoms with Gasteiger partial charge >= 0.3 is 0 Å². The third kappa shape index (κ3) is 6.11. The third-order valence-corrected chi connectivity index (χ3v) is 9.23. The second-order valence-corrected chi connectivity index (χ2v) is 12.2. The first-order valence-electron chi connectivity index (χ1n) is 10.3. The number of carbonyl (C=O) groups excluding carboxylic acids is 1. The maximum Gasteiger partial charge on any atom is 0.182 e. The molecule has 0 fully saturated rings. The van der Waals surface area contributed by atoms with Crippen molar-refractivity contribution in [3.63, 3.8) is 0 Å². The molecular weight excluding hydrogens is 474 g/mol. The molecule has 0 saturated carbocycles. The summed E-state index contributed by atoms with van der Waals surface area (Å²) in [5.74, 6) is -2.21. The number of azide groups is 1. The number of nitrogens with zero attached hydrogens (tertiary/aromatic N) is 3. The first-order chi connectivity index (χ1) is 16.0. The molecule has 0 saturated heterocycles. The minimum Gasteiger partial charge on any atom is -0.293 e. The molecule has 0 bridgehead atoms. The van der Waals surface area contributed by atoms with Gasteiger partial charge in [0, 0.05) is 16.2 Å². The molecule has 34 heavy (non-hydrogen) atoms. The highest BCUT2D eigenvalue weighted by molar-refractivity contribution is 7.95. The van der Waals surface area contributed by atoms with Gasteiger partial charge in [-0.1, -0.05) is 76.9 Å². The number of Topliss-reactive ketones (excluding diaryl/α,β-unsaturated/α-hetero) is 1. The van der Waals surface area contributed by atoms with Crippen LogP contribution in [0.5, 0.6) is 0 Å². The average molecular weight is 498 g/mol. The average Bonchev–Trinajstić information content (AvgIpc) is 2.79. The Morgan fingerprint density at radius 2 is 1.38 bits per heavy atom. The molecule has 3 aromatic rings. The molecule has 3 rings (SSSR count). The Bertz CT molecular complexity index is 1440. The van der Waals surface area contributed by atoms with Crippen molar-refractivity contribution in [1.82, 2.24) is 0 Å². The Labute approximate surface area is 198 Å². The number of benzene rings is 3. The molecule has 0 aromatic heterocycles. The van der Waals surface area contributed by atoms with E-state index in [1.807, 2.05) is 6.92 Å². The van der Waals surface area contributed by atoms with Gasteiger partial charge in [0.1, 0.15) is 5.25 Å². The lowest BCUT2D eigenvalue weighted by Gasteiger charge is -2.18. The van der Waals surface area contributed by atoms with Crippen LogP contribution in [0.15, 0.2) is 82.8 Å². The van der Waals surface area contributed by atoms with Gasteiger partial charge in [0.2, 0.25) is 0 Å². The maximum atomic E-state index is 13.4. The zero-order valence-electron chi connectivity index (χ0n) is 18.6. The van der Waals surface area contributed by atoms with Gasteiger partial charge in [-0.15, -0.1) is 0 Å². The van der Waals surface area contributed by atoms with Crippen molar-refractivity contribution in [1.29, 1.82) is 0 Å². The largest absolute Gasteiger partial charge is 0.293 e. The van der Waals surface area contributed by atoms with Gasteiger partial charge in [-0.05, 0) is 37.1 Å². The van der Waals surface area contributed by atoms with Crippen molar-refractivity contribution in [2.45, 2.75) is 29.7 Å². The van der Waals surface area contributed by atoms with Crippen molar-refractivity contribution in [2.75, 3.05) is 5.75 Å². The molecule has 8 nitrogen and oxygen atoms in total. The third-order valence-electron chi connectivity index (χ3n) is 5.28. The summed E-state index contributed by atoms with van der Waals surface area (Å²) in [7, 11) is -8.31. The molecule has 176 valence electrons. The molecule has 0 aliphatic carbocycles. The van der Waals surface area contributed by atoms with Crippen LogP contribution < -0.4 is 0 Å². The van der Waals surface area contributed by atoms with Crippen LogP contribution in [-0.2, 0) is 25.4 Å². The Hall–Kier alpha value is -3.46. The highest BCUT2D eigenvalue weighted by Gasteiger charge is 2.38. The summed E-state index contributed by atoms with van der Waals surface area (Å²) in [5, 5.41) is 1.61. The van der Waals surface area contributed by atoms with Gasteiger partial charge in [0.25, 0.3) is 0 Å². The highest BCUT2D eigenvalue weighted by atomic mass is 32.2. The van der Waals surface area contributed by atoms with E-state index in [2.05, 4.69) is 10.0 Å². The molecule has 3 aromatic carbocycles. The Morgan fingerprint density at radius 1 is 0.853 bits per heavy atom. The quantitative estimate of drug-likeness (QED) is 0.180. The van der Waals surface area contributed by atoms with Gasteiger partial charge in [-0.25, -0.2) is 16.8 Å². The molecule has 0 spiro atoms. The van der Waals surface area contributed by atoms with Gasteiger partial charge in [-0.2, -0.15) is 0 Å². The van der Waals surface area contributed by atoms with Gasteiger partial charge in [0.05, 0.1) is 16.4 Å². The zero-order valence-corrected chi connectivity index (χ0v) is 20.3. The lowest BCUT2D eigenvalue weighted by Crippen LogP contribution is -2.38. The fraction of sp³-hybridized carbons (Fsp3) is 0.208. The number of rotatable bonds is 9. The minimum absolute atomic E-state index is 0.00785. The molecule has 0 N–H and O–H groups in total. The second kappa shape index (κ2) is 10.2. The summed E-state index contributed by atoms with van der Waals surface area (Å²) in [5.41, 5.74) is 11.0. The normalized spacial score (nSPS) is 12.5. The summed E-state index contributed by atoms with van der Waals surface area (Å²) < 4.78 is 53.0. The van der Waals surface area contributed by atoms with E-state index in [1.165, 1.54) is 36.4 Å². The monoisotopic (exact) mass is 497 g/mol. The van der Waals surface area contributed by atoms with Crippen molar-refractivity contribution < 1.29 is 21.6 Å². The fourth-order valence-electron chi connectivity index (χ4n) is 3.33. The van der Waals surface area contributed by atoms with Gasteiger partial charge in [0.15, 0.2) is 25.5 Å². The zero-order chi connectivity index (χ0) is 24.9. The maximum absolute atomic E-state index is 13.4. The van der Waals surface area contributed by atoms with Crippen molar-refractivity contribution in [3.05, 3.63) is 105 Å². The standard InChI is InChI=1S/C24H23N3O5S2/c1-17-3-7-19(8-4-17)15-34(31,32)23(16-33(29,30)22-13-5-18(2)6-14-22)24(28)20-9-11-21(12-10-20)26-27-25/h3-14,23H,15-16H2,1-2H3. The first-order valence-corrected chi connectivity index (χ1v) is 13.6. The Balaban J connectivity index is 2.02. The topological polar surface area (TPSA) is 134 Å². The van der Waals surface area contributed by atoms with E-state index in [4.69, 9.17) is 5.53 Å². The predicted molar refractivity (Wildman–Crippen MR) is 130 cm³/mol.